The summed E-state index contributed by atoms with van der Waals surface area (Å²) in [5.74, 6) is 0.290. The van der Waals surface area contributed by atoms with Crippen molar-refractivity contribution in [3.8, 4) is 0 Å². The largest absolute Gasteiger partial charge is 0.349 e. The standard InChI is InChI=1S/C19H26ClN3O2.ClH/c1-19(12-21,15-6-7-15)22-17(24)14-3-2-10-23(11-14)18(25)13-4-8-16(20)9-5-13;/h4-5,8-9,14-15H,2-3,6-7,10-12,21H2,1H3,(H,22,24);1H. The van der Waals surface area contributed by atoms with Crippen LogP contribution < -0.4 is 11.1 Å². The predicted octanol–water partition coefficient (Wildman–Crippen LogP) is 2.86. The normalized spacial score (nSPS) is 22.1. The Morgan fingerprint density at radius 2 is 1.92 bits per heavy atom. The second-order valence-electron chi connectivity index (χ2n) is 7.48. The third-order valence-electron chi connectivity index (χ3n) is 5.48. The Morgan fingerprint density at radius 3 is 2.50 bits per heavy atom. The zero-order chi connectivity index (χ0) is 18.0. The van der Waals surface area contributed by atoms with Crippen LogP contribution in [0, 0.1) is 11.8 Å². The van der Waals surface area contributed by atoms with Crippen LogP contribution in [-0.4, -0.2) is 41.9 Å². The topological polar surface area (TPSA) is 75.4 Å². The fraction of sp³-hybridized carbons (Fsp3) is 0.579. The zero-order valence-electron chi connectivity index (χ0n) is 15.0. The van der Waals surface area contributed by atoms with Crippen LogP contribution in [0.15, 0.2) is 24.3 Å². The molecule has 26 heavy (non-hydrogen) atoms. The molecule has 3 N–H and O–H groups in total. The molecule has 3 rings (SSSR count). The molecule has 1 aromatic carbocycles. The van der Waals surface area contributed by atoms with E-state index in [0.717, 1.165) is 25.7 Å². The van der Waals surface area contributed by atoms with Crippen LogP contribution in [-0.2, 0) is 4.79 Å². The molecule has 1 saturated heterocycles. The Morgan fingerprint density at radius 1 is 1.27 bits per heavy atom. The first kappa shape index (κ1) is 21.0. The fourth-order valence-corrected chi connectivity index (χ4v) is 3.70. The highest BCUT2D eigenvalue weighted by Crippen LogP contribution is 2.39. The van der Waals surface area contributed by atoms with Crippen LogP contribution in [0.3, 0.4) is 0 Å². The summed E-state index contributed by atoms with van der Waals surface area (Å²) in [5.41, 5.74) is 6.19. The fourth-order valence-electron chi connectivity index (χ4n) is 3.57. The average Bonchev–Trinajstić information content (AvgIpc) is 3.47. The van der Waals surface area contributed by atoms with Crippen molar-refractivity contribution in [3.05, 3.63) is 34.9 Å². The number of amides is 2. The molecule has 0 aromatic heterocycles. The number of rotatable bonds is 5. The van der Waals surface area contributed by atoms with Gasteiger partial charge in [0.15, 0.2) is 0 Å². The molecule has 2 unspecified atom stereocenters. The van der Waals surface area contributed by atoms with Gasteiger partial charge >= 0.3 is 0 Å². The number of nitrogens with two attached hydrogens (primary N) is 1. The van der Waals surface area contributed by atoms with E-state index in [1.165, 1.54) is 0 Å². The molecule has 2 amide bonds. The lowest BCUT2D eigenvalue weighted by Crippen LogP contribution is -2.56. The van der Waals surface area contributed by atoms with Crippen LogP contribution in [0.1, 0.15) is 43.0 Å². The number of halogens is 2. The molecule has 144 valence electrons. The molecule has 1 aromatic rings. The number of likely N-dealkylation sites (tertiary alicyclic amines) is 1. The lowest BCUT2D eigenvalue weighted by Gasteiger charge is -2.36. The number of hydrogen-bond acceptors (Lipinski definition) is 3. The lowest BCUT2D eigenvalue weighted by molar-refractivity contribution is -0.128. The molecule has 2 atom stereocenters. The Bertz CT molecular complexity index is 649. The van der Waals surface area contributed by atoms with Crippen molar-refractivity contribution < 1.29 is 9.59 Å². The Hall–Kier alpha value is -1.30. The van der Waals surface area contributed by atoms with Crippen LogP contribution in [0.25, 0.3) is 0 Å². The number of hydrogen-bond donors (Lipinski definition) is 2. The minimum Gasteiger partial charge on any atom is -0.349 e. The summed E-state index contributed by atoms with van der Waals surface area (Å²) in [4.78, 5) is 27.2. The molecule has 0 radical (unpaired) electrons. The van der Waals surface area contributed by atoms with Crippen molar-refractivity contribution >= 4 is 35.8 Å². The van der Waals surface area contributed by atoms with Crippen LogP contribution >= 0.6 is 24.0 Å². The van der Waals surface area contributed by atoms with E-state index in [9.17, 15) is 9.59 Å². The molecule has 1 aliphatic heterocycles. The van der Waals surface area contributed by atoms with Crippen molar-refractivity contribution in [1.29, 1.82) is 0 Å². The first-order valence-electron chi connectivity index (χ1n) is 9.00. The molecule has 2 aliphatic rings. The third kappa shape index (κ3) is 4.70. The van der Waals surface area contributed by atoms with Crippen LogP contribution in [0.5, 0.6) is 0 Å². The van der Waals surface area contributed by atoms with Gasteiger partial charge in [-0.3, -0.25) is 9.59 Å². The van der Waals surface area contributed by atoms with Gasteiger partial charge in [0.1, 0.15) is 0 Å². The highest BCUT2D eigenvalue weighted by Gasteiger charge is 2.42. The number of nitrogens with one attached hydrogen (secondary N) is 1. The van der Waals surface area contributed by atoms with Crippen LogP contribution in [0.2, 0.25) is 5.02 Å². The van der Waals surface area contributed by atoms with Gasteiger partial charge in [-0.1, -0.05) is 11.6 Å². The molecule has 2 fully saturated rings. The van der Waals surface area contributed by atoms with Gasteiger partial charge in [0.25, 0.3) is 5.91 Å². The molecular weight excluding hydrogens is 373 g/mol. The van der Waals surface area contributed by atoms with Gasteiger partial charge in [-0.15, -0.1) is 12.4 Å². The van der Waals surface area contributed by atoms with E-state index in [2.05, 4.69) is 5.32 Å². The lowest BCUT2D eigenvalue weighted by atomic mass is 9.91. The summed E-state index contributed by atoms with van der Waals surface area (Å²) in [6.07, 6.45) is 3.89. The summed E-state index contributed by atoms with van der Waals surface area (Å²) in [7, 11) is 0. The second kappa shape index (κ2) is 8.59. The maximum atomic E-state index is 12.7. The zero-order valence-corrected chi connectivity index (χ0v) is 16.6. The van der Waals surface area contributed by atoms with Crippen molar-refractivity contribution in [3.63, 3.8) is 0 Å². The molecule has 0 bridgehead atoms. The third-order valence-corrected chi connectivity index (χ3v) is 5.73. The van der Waals surface area contributed by atoms with E-state index in [4.69, 9.17) is 17.3 Å². The van der Waals surface area contributed by atoms with Crippen molar-refractivity contribution in [2.45, 2.75) is 38.1 Å². The Balaban J connectivity index is 0.00000243. The number of piperidine rings is 1. The number of carbonyl (C=O) groups excluding carboxylic acids is 2. The average molecular weight is 400 g/mol. The molecule has 0 spiro atoms. The van der Waals surface area contributed by atoms with E-state index >= 15 is 0 Å². The molecular formula is C19H27Cl2N3O2. The maximum Gasteiger partial charge on any atom is 0.253 e. The molecule has 1 heterocycles. The van der Waals surface area contributed by atoms with Gasteiger partial charge in [0.05, 0.1) is 11.5 Å². The SMILES string of the molecule is CC(CN)(NC(=O)C1CCCN(C(=O)c2ccc(Cl)cc2)C1)C1CC1.Cl. The van der Waals surface area contributed by atoms with Gasteiger partial charge in [0, 0.05) is 30.2 Å². The van der Waals surface area contributed by atoms with Crippen molar-refractivity contribution in [1.82, 2.24) is 10.2 Å². The number of carbonyl (C=O) groups is 2. The van der Waals surface area contributed by atoms with Gasteiger partial charge < -0.3 is 16.0 Å². The van der Waals surface area contributed by atoms with Gasteiger partial charge in [0.2, 0.25) is 5.91 Å². The minimum atomic E-state index is -0.320. The second-order valence-corrected chi connectivity index (χ2v) is 7.92. The summed E-state index contributed by atoms with van der Waals surface area (Å²) in [6.45, 7) is 3.62. The van der Waals surface area contributed by atoms with Gasteiger partial charge in [-0.2, -0.15) is 0 Å². The summed E-state index contributed by atoms with van der Waals surface area (Å²) >= 11 is 5.88. The van der Waals surface area contributed by atoms with E-state index in [1.54, 1.807) is 29.2 Å². The summed E-state index contributed by atoms with van der Waals surface area (Å²) < 4.78 is 0. The smallest absolute Gasteiger partial charge is 0.253 e. The van der Waals surface area contributed by atoms with Gasteiger partial charge in [-0.05, 0) is 62.8 Å². The summed E-state index contributed by atoms with van der Waals surface area (Å²) in [5, 5.41) is 3.77. The molecule has 7 heteroatoms. The Labute approximate surface area is 166 Å². The molecule has 1 saturated carbocycles. The summed E-state index contributed by atoms with van der Waals surface area (Å²) in [6, 6.07) is 6.89. The predicted molar refractivity (Wildman–Crippen MR) is 106 cm³/mol. The molecule has 5 nitrogen and oxygen atoms in total. The maximum absolute atomic E-state index is 12.7. The first-order chi connectivity index (χ1) is 11.9. The van der Waals surface area contributed by atoms with E-state index < -0.39 is 0 Å². The monoisotopic (exact) mass is 399 g/mol. The highest BCUT2D eigenvalue weighted by molar-refractivity contribution is 6.30. The van der Waals surface area contributed by atoms with Crippen LogP contribution in [0.4, 0.5) is 0 Å². The van der Waals surface area contributed by atoms with E-state index in [-0.39, 0.29) is 35.7 Å². The van der Waals surface area contributed by atoms with Gasteiger partial charge in [-0.25, -0.2) is 0 Å². The van der Waals surface area contributed by atoms with E-state index in [1.807, 2.05) is 6.92 Å². The van der Waals surface area contributed by atoms with Crippen molar-refractivity contribution in [2.75, 3.05) is 19.6 Å². The Kier molecular flexibility index (Phi) is 6.94. The van der Waals surface area contributed by atoms with E-state index in [0.29, 0.717) is 36.1 Å². The first-order valence-corrected chi connectivity index (χ1v) is 9.37. The number of benzene rings is 1. The quantitative estimate of drug-likeness (QED) is 0.798. The van der Waals surface area contributed by atoms with Crippen molar-refractivity contribution in [2.24, 2.45) is 17.6 Å². The number of nitrogens with zero attached hydrogens (tertiary/aromatic N) is 1. The minimum absolute atomic E-state index is 0. The highest BCUT2D eigenvalue weighted by atomic mass is 35.5. The molecule has 1 aliphatic carbocycles.